The smallest absolute Gasteiger partial charge is 0 e. The molecule has 0 aromatic heterocycles. The molecular formula is C111H104Cl2P6Pd2S8. The minimum Gasteiger partial charge on any atom is -0.0622 e. The van der Waals surface area contributed by atoms with Gasteiger partial charge in [-0.05, 0) is 143 Å². The zero-order chi connectivity index (χ0) is 86.9. The van der Waals surface area contributed by atoms with Gasteiger partial charge in [0.15, 0.2) is 0 Å². The Hall–Kier alpha value is -7.67. The molecule has 18 aromatic rings. The standard InChI is InChI=1S/6C18H15P.3CH4.2ClH.2Pd.S3.2S2.H2S/c6*1-4-10-16(11-5-1)19(17-12-6-2-7-13-17)18-14-8-3-9-15-18;;;;;;;;1-3-2;2*1-2;/h6*1-15H;3*1H4;2*1H;;;;;;1H2/q;;;;;;;;;;;;+2;;;;/p-2. The van der Waals surface area contributed by atoms with E-state index < -0.39 is 47.5 Å². The third-order valence-corrected chi connectivity index (χ3v) is 32.9. The zero-order valence-electron chi connectivity index (χ0n) is 68.4. The van der Waals surface area contributed by atoms with Crippen molar-refractivity contribution in [1.82, 2.24) is 0 Å². The van der Waals surface area contributed by atoms with Crippen LogP contribution < -0.4 is 95.5 Å². The molecule has 0 atom stereocenters. The Kier molecular flexibility index (Phi) is 61.8. The topological polar surface area (TPSA) is 0 Å². The first-order chi connectivity index (χ1) is 61.5. The van der Waals surface area contributed by atoms with Crippen molar-refractivity contribution >= 4 is 252 Å². The van der Waals surface area contributed by atoms with Crippen LogP contribution in [0.1, 0.15) is 22.3 Å². The Morgan fingerprint density at radius 3 is 0.225 bits per heavy atom. The van der Waals surface area contributed by atoms with E-state index in [-0.39, 0.29) is 72.1 Å². The number of rotatable bonds is 18. The second-order valence-corrected chi connectivity index (χ2v) is 43.6. The Labute approximate surface area is 846 Å². The molecule has 18 heteroatoms. The van der Waals surface area contributed by atoms with E-state index in [1.807, 2.05) is 0 Å². The fourth-order valence-corrected chi connectivity index (χ4v) is 26.9. The minimum absolute atomic E-state index is 0. The van der Waals surface area contributed by atoms with Crippen molar-refractivity contribution in [2.24, 2.45) is 0 Å². The van der Waals surface area contributed by atoms with E-state index in [0.29, 0.717) is 0 Å². The maximum atomic E-state index is 4.81. The maximum Gasteiger partial charge on any atom is 0 e. The molecule has 0 fully saturated rings. The van der Waals surface area contributed by atoms with Gasteiger partial charge in [-0.25, -0.2) is 0 Å². The molecule has 18 rings (SSSR count). The molecule has 0 aliphatic heterocycles. The van der Waals surface area contributed by atoms with E-state index in [1.165, 1.54) is 95.5 Å². The fourth-order valence-electron chi connectivity index (χ4n) is 13.1. The summed E-state index contributed by atoms with van der Waals surface area (Å²) in [6.07, 6.45) is 0. The summed E-state index contributed by atoms with van der Waals surface area (Å²) in [5, 5.41) is 25.2. The van der Waals surface area contributed by atoms with Crippen molar-refractivity contribution in [1.29, 1.82) is 0 Å². The van der Waals surface area contributed by atoms with Crippen molar-refractivity contribution < 1.29 is 36.4 Å². The first kappa shape index (κ1) is 114. The van der Waals surface area contributed by atoms with Gasteiger partial charge in [0.2, 0.25) is 0 Å². The molecule has 0 N–H and O–H groups in total. The van der Waals surface area contributed by atoms with Crippen LogP contribution in [0.25, 0.3) is 0 Å². The molecule has 0 amide bonds. The van der Waals surface area contributed by atoms with Crippen LogP contribution in [0.4, 0.5) is 0 Å². The van der Waals surface area contributed by atoms with Gasteiger partial charge in [0, 0.05) is 96.4 Å². The number of hydrogen-bond donors (Lipinski definition) is 0. The molecule has 0 heterocycles. The average Bonchev–Trinajstić information content (AvgIpc) is 0.851. The largest absolute Gasteiger partial charge is 0.0622 e. The normalized spacial score (nSPS) is 9.67. The maximum absolute atomic E-state index is 4.81. The van der Waals surface area contributed by atoms with Crippen LogP contribution in [0.2, 0.25) is 0 Å². The predicted molar refractivity (Wildman–Crippen MR) is 605 cm³/mol. The molecule has 129 heavy (non-hydrogen) atoms. The first-order valence-corrected chi connectivity index (χ1v) is 56.7. The van der Waals surface area contributed by atoms with Gasteiger partial charge in [0.1, 0.15) is 0 Å². The molecule has 0 aliphatic rings. The quantitative estimate of drug-likeness (QED) is 0.0616. The van der Waals surface area contributed by atoms with Crippen LogP contribution in [-0.2, 0) is 112 Å². The molecule has 0 nitrogen and oxygen atoms in total. The molecule has 0 bridgehead atoms. The van der Waals surface area contributed by atoms with E-state index >= 15 is 0 Å². The molecular weight excluding hydrogens is 2060 g/mol. The average molecular weight is 2160 g/mol. The second kappa shape index (κ2) is 70.1. The fraction of sp³-hybridized carbons (Fsp3) is 0.0270. The predicted octanol–water partition coefficient (Wildman–Crippen LogP) is 24.0. The van der Waals surface area contributed by atoms with Gasteiger partial charge < -0.3 is 0 Å². The van der Waals surface area contributed by atoms with Gasteiger partial charge in [0.25, 0.3) is 0 Å². The van der Waals surface area contributed by atoms with Crippen molar-refractivity contribution in [3.8, 4) is 0 Å². The summed E-state index contributed by atoms with van der Waals surface area (Å²) >= 11 is 22.8. The molecule has 0 saturated carbocycles. The molecule has 0 saturated heterocycles. The molecule has 0 unspecified atom stereocenters. The third-order valence-electron chi connectivity index (χ3n) is 18.3. The number of hydrogen-bond acceptors (Lipinski definition) is 6. The Balaban J connectivity index is 0.000000315. The van der Waals surface area contributed by atoms with E-state index in [2.05, 4.69) is 613 Å². The minimum atomic E-state index is -0.446. The molecule has 0 aliphatic carbocycles. The summed E-state index contributed by atoms with van der Waals surface area (Å²) < 4.78 is 0. The van der Waals surface area contributed by atoms with Gasteiger partial charge in [-0.15, -0.1) is 0 Å². The van der Waals surface area contributed by atoms with Crippen LogP contribution in [0, 0.1) is 0 Å². The Bertz CT molecular complexity index is 4300. The van der Waals surface area contributed by atoms with Crippen LogP contribution in [0.3, 0.4) is 0 Å². The first-order valence-electron chi connectivity index (χ1n) is 39.3. The molecule has 0 spiro atoms. The van der Waals surface area contributed by atoms with Gasteiger partial charge in [-0.3, -0.25) is 0 Å². The van der Waals surface area contributed by atoms with Crippen molar-refractivity contribution in [2.45, 2.75) is 22.3 Å². The monoisotopic (exact) mass is 2160 g/mol. The van der Waals surface area contributed by atoms with Gasteiger partial charge >= 0.3 is 35.0 Å². The summed E-state index contributed by atoms with van der Waals surface area (Å²) in [5.74, 6) is 0. The summed E-state index contributed by atoms with van der Waals surface area (Å²) in [6, 6.07) is 194. The third kappa shape index (κ3) is 38.8. The Morgan fingerprint density at radius 2 is 0.186 bits per heavy atom. The van der Waals surface area contributed by atoms with Crippen LogP contribution in [0.15, 0.2) is 546 Å². The zero-order valence-corrected chi connectivity index (χ0v) is 85.1. The van der Waals surface area contributed by atoms with Gasteiger partial charge in [-0.2, -0.15) is 13.5 Å². The van der Waals surface area contributed by atoms with E-state index in [4.69, 9.17) is 19.1 Å². The van der Waals surface area contributed by atoms with E-state index in [1.54, 1.807) is 0 Å². The van der Waals surface area contributed by atoms with E-state index in [9.17, 15) is 0 Å². The summed E-state index contributed by atoms with van der Waals surface area (Å²) in [6.45, 7) is 0. The number of benzene rings is 18. The Morgan fingerprint density at radius 1 is 0.147 bits per heavy atom. The summed E-state index contributed by atoms with van der Waals surface area (Å²) in [4.78, 5) is 0. The molecule has 0 radical (unpaired) electrons. The van der Waals surface area contributed by atoms with Crippen LogP contribution in [0.5, 0.6) is 0 Å². The SMILES string of the molecule is C.C.C.S.S=S.S=S.S=S=S.[Cl][Pd][Cl].[Pd].c1ccc(P(c2ccccc2)c2ccccc2)cc1.c1ccc(P(c2ccccc2)c2ccccc2)cc1.c1ccc(P(c2ccccc2)c2ccccc2)cc1.c1ccc(P(c2ccccc2)c2ccccc2)cc1.c1ccc(P(c2ccccc2)c2ccccc2)cc1.c1ccc(P(c2ccccc2)c2ccccc2)cc1. The number of halogens is 2. The van der Waals surface area contributed by atoms with Crippen LogP contribution in [-0.4, -0.2) is 0 Å². The van der Waals surface area contributed by atoms with Crippen molar-refractivity contribution in [3.63, 3.8) is 0 Å². The van der Waals surface area contributed by atoms with Crippen LogP contribution >= 0.6 is 80.1 Å². The molecule has 660 valence electrons. The molecule has 18 aromatic carbocycles. The van der Waals surface area contributed by atoms with E-state index in [0.717, 1.165) is 8.88 Å². The van der Waals surface area contributed by atoms with Crippen molar-refractivity contribution in [3.05, 3.63) is 546 Å². The van der Waals surface area contributed by atoms with Gasteiger partial charge in [-0.1, -0.05) is 568 Å². The summed E-state index contributed by atoms with van der Waals surface area (Å²) in [7, 11) is 7.87. The second-order valence-electron chi connectivity index (χ2n) is 26.2. The van der Waals surface area contributed by atoms with Crippen molar-refractivity contribution in [2.75, 3.05) is 0 Å². The summed E-state index contributed by atoms with van der Waals surface area (Å²) in [5.41, 5.74) is 0. The van der Waals surface area contributed by atoms with Gasteiger partial charge in [0.05, 0.1) is 0 Å².